The highest BCUT2D eigenvalue weighted by atomic mass is 16.5. The topological polar surface area (TPSA) is 71.0 Å². The van der Waals surface area contributed by atoms with Crippen molar-refractivity contribution in [3.8, 4) is 11.5 Å². The second-order valence-corrected chi connectivity index (χ2v) is 3.75. The third kappa shape index (κ3) is 5.35. The quantitative estimate of drug-likeness (QED) is 0.572. The lowest BCUT2D eigenvalue weighted by Crippen LogP contribution is -2.20. The van der Waals surface area contributed by atoms with Gasteiger partial charge in [0.15, 0.2) is 11.5 Å². The van der Waals surface area contributed by atoms with E-state index in [1.54, 1.807) is 6.07 Å². The summed E-state index contributed by atoms with van der Waals surface area (Å²) in [6.07, 6.45) is 0. The Kier molecular flexibility index (Phi) is 7.17. The molecule has 0 aliphatic carbocycles. The second-order valence-electron chi connectivity index (χ2n) is 3.75. The van der Waals surface area contributed by atoms with Crippen LogP contribution in [-0.4, -0.2) is 43.2 Å². The van der Waals surface area contributed by atoms with Crippen LogP contribution >= 0.6 is 0 Å². The van der Waals surface area contributed by atoms with Gasteiger partial charge in [-0.25, -0.2) is 0 Å². The van der Waals surface area contributed by atoms with Gasteiger partial charge in [0.1, 0.15) is 0 Å². The van der Waals surface area contributed by atoms with E-state index in [2.05, 4.69) is 5.32 Å². The van der Waals surface area contributed by atoms with E-state index >= 15 is 0 Å². The van der Waals surface area contributed by atoms with Crippen molar-refractivity contribution < 1.29 is 19.7 Å². The van der Waals surface area contributed by atoms with Crippen LogP contribution in [0, 0.1) is 0 Å². The minimum absolute atomic E-state index is 0.0513. The summed E-state index contributed by atoms with van der Waals surface area (Å²) in [5, 5.41) is 21.3. The van der Waals surface area contributed by atoms with Crippen molar-refractivity contribution in [3.05, 3.63) is 23.8 Å². The average molecular weight is 255 g/mol. The van der Waals surface area contributed by atoms with Gasteiger partial charge < -0.3 is 25.0 Å². The van der Waals surface area contributed by atoms with Crippen molar-refractivity contribution in [1.29, 1.82) is 0 Å². The minimum atomic E-state index is 0.0513. The van der Waals surface area contributed by atoms with Gasteiger partial charge in [-0.2, -0.15) is 0 Å². The van der Waals surface area contributed by atoms with Gasteiger partial charge in [-0.05, 0) is 24.6 Å². The molecule has 1 rings (SSSR count). The smallest absolute Gasteiger partial charge is 0.161 e. The van der Waals surface area contributed by atoms with E-state index in [1.807, 2.05) is 19.1 Å². The number of rotatable bonds is 9. The van der Waals surface area contributed by atoms with Crippen molar-refractivity contribution in [2.24, 2.45) is 0 Å². The molecule has 18 heavy (non-hydrogen) atoms. The van der Waals surface area contributed by atoms with Crippen LogP contribution in [0.25, 0.3) is 0 Å². The predicted octanol–water partition coefficient (Wildman–Crippen LogP) is 0.889. The van der Waals surface area contributed by atoms with Crippen molar-refractivity contribution in [3.63, 3.8) is 0 Å². The zero-order valence-electron chi connectivity index (χ0n) is 10.7. The van der Waals surface area contributed by atoms with E-state index in [-0.39, 0.29) is 12.4 Å². The summed E-state index contributed by atoms with van der Waals surface area (Å²) in [5.41, 5.74) is 1.04. The normalized spacial score (nSPS) is 10.6. The molecule has 0 bridgehead atoms. The Labute approximate surface area is 107 Å². The Morgan fingerprint density at radius 1 is 1.28 bits per heavy atom. The summed E-state index contributed by atoms with van der Waals surface area (Å²) in [4.78, 5) is 0. The molecule has 0 aromatic heterocycles. The first-order valence-electron chi connectivity index (χ1n) is 6.12. The highest BCUT2D eigenvalue weighted by Gasteiger charge is 2.03. The van der Waals surface area contributed by atoms with E-state index in [1.165, 1.54) is 0 Å². The molecule has 0 saturated carbocycles. The van der Waals surface area contributed by atoms with Crippen molar-refractivity contribution in [2.75, 3.05) is 33.0 Å². The van der Waals surface area contributed by atoms with Crippen molar-refractivity contribution in [1.82, 2.24) is 5.32 Å². The molecular weight excluding hydrogens is 234 g/mol. The van der Waals surface area contributed by atoms with Crippen LogP contribution in [-0.2, 0) is 11.3 Å². The molecule has 0 unspecified atom stereocenters. The highest BCUT2D eigenvalue weighted by Crippen LogP contribution is 2.26. The van der Waals surface area contributed by atoms with Gasteiger partial charge in [-0.15, -0.1) is 0 Å². The number of aromatic hydroxyl groups is 1. The summed E-state index contributed by atoms with van der Waals surface area (Å²) in [7, 11) is 0. The monoisotopic (exact) mass is 255 g/mol. The Hall–Kier alpha value is -1.30. The third-order valence-electron chi connectivity index (χ3n) is 2.31. The first-order valence-corrected chi connectivity index (χ1v) is 6.12. The van der Waals surface area contributed by atoms with Crippen molar-refractivity contribution in [2.45, 2.75) is 13.5 Å². The fourth-order valence-electron chi connectivity index (χ4n) is 1.48. The SMILES string of the molecule is CCOc1cc(CNCCOCCO)ccc1O. The van der Waals surface area contributed by atoms with E-state index in [4.69, 9.17) is 14.6 Å². The number of phenolic OH excluding ortho intramolecular Hbond substituents is 1. The molecule has 5 nitrogen and oxygen atoms in total. The van der Waals surface area contributed by atoms with Crippen LogP contribution in [0.1, 0.15) is 12.5 Å². The lowest BCUT2D eigenvalue weighted by Gasteiger charge is -2.09. The second kappa shape index (κ2) is 8.74. The molecule has 0 amide bonds. The van der Waals surface area contributed by atoms with Crippen LogP contribution in [0.3, 0.4) is 0 Å². The van der Waals surface area contributed by atoms with Crippen LogP contribution in [0.2, 0.25) is 0 Å². The molecule has 3 N–H and O–H groups in total. The summed E-state index contributed by atoms with van der Waals surface area (Å²) >= 11 is 0. The molecule has 1 aromatic carbocycles. The molecule has 0 radical (unpaired) electrons. The predicted molar refractivity (Wildman–Crippen MR) is 68.9 cm³/mol. The molecule has 0 aliphatic rings. The van der Waals surface area contributed by atoms with Crippen LogP contribution < -0.4 is 10.1 Å². The summed E-state index contributed by atoms with van der Waals surface area (Å²) in [5.74, 6) is 0.667. The van der Waals surface area contributed by atoms with E-state index in [0.29, 0.717) is 38.7 Å². The minimum Gasteiger partial charge on any atom is -0.504 e. The zero-order valence-corrected chi connectivity index (χ0v) is 10.7. The van der Waals surface area contributed by atoms with Gasteiger partial charge in [-0.3, -0.25) is 0 Å². The summed E-state index contributed by atoms with van der Waals surface area (Å²) in [6, 6.07) is 5.30. The van der Waals surface area contributed by atoms with Crippen LogP contribution in [0.4, 0.5) is 0 Å². The first-order chi connectivity index (χ1) is 8.77. The third-order valence-corrected chi connectivity index (χ3v) is 2.31. The zero-order chi connectivity index (χ0) is 13.2. The van der Waals surface area contributed by atoms with E-state index < -0.39 is 0 Å². The maximum absolute atomic E-state index is 9.55. The van der Waals surface area contributed by atoms with Gasteiger partial charge >= 0.3 is 0 Å². The largest absolute Gasteiger partial charge is 0.504 e. The molecule has 0 saturated heterocycles. The number of aliphatic hydroxyl groups excluding tert-OH is 1. The number of aliphatic hydroxyl groups is 1. The summed E-state index contributed by atoms with van der Waals surface area (Å²) in [6.45, 7) is 4.79. The molecule has 0 heterocycles. The van der Waals surface area contributed by atoms with E-state index in [0.717, 1.165) is 5.56 Å². The maximum atomic E-state index is 9.55. The Morgan fingerprint density at radius 3 is 2.83 bits per heavy atom. The molecule has 102 valence electrons. The molecule has 1 aromatic rings. The van der Waals surface area contributed by atoms with Gasteiger partial charge in [0, 0.05) is 13.1 Å². The number of benzene rings is 1. The number of phenols is 1. The Bertz CT molecular complexity index is 344. The standard InChI is InChI=1S/C13H21NO4/c1-2-18-13-9-11(3-4-12(13)16)10-14-5-7-17-8-6-15/h3-4,9,14-16H,2,5-8,10H2,1H3. The fraction of sp³-hybridized carbons (Fsp3) is 0.538. The number of nitrogens with one attached hydrogen (secondary N) is 1. The number of ether oxygens (including phenoxy) is 2. The van der Waals surface area contributed by atoms with Crippen molar-refractivity contribution >= 4 is 0 Å². The Balaban J connectivity index is 2.31. The average Bonchev–Trinajstić information content (AvgIpc) is 2.37. The molecular formula is C13H21NO4. The van der Waals surface area contributed by atoms with Crippen LogP contribution in [0.15, 0.2) is 18.2 Å². The number of hydrogen-bond acceptors (Lipinski definition) is 5. The highest BCUT2D eigenvalue weighted by molar-refractivity contribution is 5.41. The van der Waals surface area contributed by atoms with Gasteiger partial charge in [0.2, 0.25) is 0 Å². The maximum Gasteiger partial charge on any atom is 0.161 e. The molecule has 0 spiro atoms. The van der Waals surface area contributed by atoms with E-state index in [9.17, 15) is 5.11 Å². The molecule has 0 aliphatic heterocycles. The van der Waals surface area contributed by atoms with Gasteiger partial charge in [0.05, 0.1) is 26.4 Å². The Morgan fingerprint density at radius 2 is 2.11 bits per heavy atom. The van der Waals surface area contributed by atoms with Crippen LogP contribution in [0.5, 0.6) is 11.5 Å². The number of hydrogen-bond donors (Lipinski definition) is 3. The van der Waals surface area contributed by atoms with Gasteiger partial charge in [0.25, 0.3) is 0 Å². The molecule has 5 heteroatoms. The van der Waals surface area contributed by atoms with Gasteiger partial charge in [-0.1, -0.05) is 6.07 Å². The lowest BCUT2D eigenvalue weighted by molar-refractivity contribution is 0.0938. The lowest BCUT2D eigenvalue weighted by atomic mass is 10.2. The first kappa shape index (κ1) is 14.8. The fourth-order valence-corrected chi connectivity index (χ4v) is 1.48. The summed E-state index contributed by atoms with van der Waals surface area (Å²) < 4.78 is 10.4. The molecule has 0 fully saturated rings. The molecule has 0 atom stereocenters.